The van der Waals surface area contributed by atoms with E-state index in [4.69, 9.17) is 27.9 Å². The van der Waals surface area contributed by atoms with Crippen LogP contribution in [0.25, 0.3) is 6.08 Å². The molecule has 4 nitrogen and oxygen atoms in total. The fourth-order valence-corrected chi connectivity index (χ4v) is 3.36. The quantitative estimate of drug-likeness (QED) is 0.589. The molecule has 0 saturated carbocycles. The van der Waals surface area contributed by atoms with Gasteiger partial charge in [0, 0.05) is 11.0 Å². The topological polar surface area (TPSA) is 55.4 Å². The number of halogens is 2. The Bertz CT molecular complexity index is 827. The van der Waals surface area contributed by atoms with Crippen molar-refractivity contribution in [3.05, 3.63) is 55.9 Å². The molecule has 0 aliphatic rings. The van der Waals surface area contributed by atoms with E-state index in [9.17, 15) is 9.59 Å². The number of hydrogen-bond acceptors (Lipinski definition) is 4. The summed E-state index contributed by atoms with van der Waals surface area (Å²) in [6.07, 6.45) is 2.98. The summed E-state index contributed by atoms with van der Waals surface area (Å²) in [5, 5.41) is 4.05. The van der Waals surface area contributed by atoms with E-state index in [1.165, 1.54) is 24.5 Å². The predicted octanol–water partition coefficient (Wildman–Crippen LogP) is 5.11. The Morgan fingerprint density at radius 2 is 1.92 bits per heavy atom. The first-order chi connectivity index (χ1) is 11.3. The normalized spacial score (nSPS) is 10.9. The molecule has 2 aromatic rings. The third kappa shape index (κ3) is 4.17. The highest BCUT2D eigenvalue weighted by Crippen LogP contribution is 2.33. The van der Waals surface area contributed by atoms with Crippen LogP contribution in [-0.4, -0.2) is 19.0 Å². The largest absolute Gasteiger partial charge is 0.465 e. The van der Waals surface area contributed by atoms with Crippen molar-refractivity contribution < 1.29 is 14.3 Å². The Labute approximate surface area is 154 Å². The molecule has 1 amide bonds. The molecule has 0 bridgehead atoms. The van der Waals surface area contributed by atoms with E-state index in [1.807, 2.05) is 13.8 Å². The van der Waals surface area contributed by atoms with Gasteiger partial charge in [-0.2, -0.15) is 0 Å². The number of thiophene rings is 1. The van der Waals surface area contributed by atoms with Crippen molar-refractivity contribution in [2.24, 2.45) is 0 Å². The molecular formula is C17H15Cl2NO3S. The standard InChI is InChI=1S/C17H15Cl2NO3S/c1-9-10(2)24-16(15(9)17(22)23-3)20-14(21)7-5-11-4-6-12(18)13(19)8-11/h4-8H,1-3H3,(H,20,21)/b7-5+. The number of carbonyl (C=O) groups is 2. The van der Waals surface area contributed by atoms with Gasteiger partial charge in [-0.05, 0) is 43.2 Å². The van der Waals surface area contributed by atoms with Crippen LogP contribution in [0, 0.1) is 13.8 Å². The number of aryl methyl sites for hydroxylation is 1. The minimum Gasteiger partial charge on any atom is -0.465 e. The van der Waals surface area contributed by atoms with Crippen molar-refractivity contribution in [2.45, 2.75) is 13.8 Å². The van der Waals surface area contributed by atoms with Crippen LogP contribution in [0.15, 0.2) is 24.3 Å². The Morgan fingerprint density at radius 3 is 2.54 bits per heavy atom. The van der Waals surface area contributed by atoms with E-state index >= 15 is 0 Å². The first kappa shape index (κ1) is 18.5. The van der Waals surface area contributed by atoms with Gasteiger partial charge >= 0.3 is 5.97 Å². The monoisotopic (exact) mass is 383 g/mol. The summed E-state index contributed by atoms with van der Waals surface area (Å²) in [5.74, 6) is -0.826. The third-order valence-corrected chi connectivity index (χ3v) is 5.24. The maximum Gasteiger partial charge on any atom is 0.341 e. The fraction of sp³-hybridized carbons (Fsp3) is 0.176. The van der Waals surface area contributed by atoms with Gasteiger partial charge in [-0.15, -0.1) is 11.3 Å². The smallest absolute Gasteiger partial charge is 0.341 e. The van der Waals surface area contributed by atoms with Crippen molar-refractivity contribution in [2.75, 3.05) is 12.4 Å². The highest BCUT2D eigenvalue weighted by Gasteiger charge is 2.20. The lowest BCUT2D eigenvalue weighted by molar-refractivity contribution is -0.111. The molecule has 2 rings (SSSR count). The Balaban J connectivity index is 2.18. The van der Waals surface area contributed by atoms with E-state index < -0.39 is 5.97 Å². The zero-order valence-corrected chi connectivity index (χ0v) is 15.6. The molecule has 0 aliphatic carbocycles. The molecule has 1 N–H and O–H groups in total. The number of nitrogens with one attached hydrogen (secondary N) is 1. The Hall–Kier alpha value is -1.82. The molecule has 24 heavy (non-hydrogen) atoms. The maximum absolute atomic E-state index is 12.1. The van der Waals surface area contributed by atoms with E-state index in [-0.39, 0.29) is 5.91 Å². The van der Waals surface area contributed by atoms with Crippen molar-refractivity contribution in [3.63, 3.8) is 0 Å². The molecule has 1 heterocycles. The van der Waals surface area contributed by atoms with Crippen molar-refractivity contribution in [1.82, 2.24) is 0 Å². The average Bonchev–Trinajstić information content (AvgIpc) is 2.82. The number of amides is 1. The molecule has 7 heteroatoms. The molecular weight excluding hydrogens is 369 g/mol. The summed E-state index contributed by atoms with van der Waals surface area (Å²) in [6.45, 7) is 3.70. The summed E-state index contributed by atoms with van der Waals surface area (Å²) >= 11 is 13.1. The number of esters is 1. The van der Waals surface area contributed by atoms with Crippen molar-refractivity contribution >= 4 is 57.5 Å². The molecule has 0 spiro atoms. The molecule has 1 aromatic heterocycles. The molecule has 126 valence electrons. The summed E-state index contributed by atoms with van der Waals surface area (Å²) < 4.78 is 4.78. The van der Waals surface area contributed by atoms with E-state index in [0.717, 1.165) is 16.0 Å². The second kappa shape index (κ2) is 7.83. The first-order valence-corrected chi connectivity index (χ1v) is 8.53. The highest BCUT2D eigenvalue weighted by molar-refractivity contribution is 7.16. The van der Waals surface area contributed by atoms with E-state index in [1.54, 1.807) is 24.3 Å². The minimum absolute atomic E-state index is 0.354. The number of rotatable bonds is 4. The third-order valence-electron chi connectivity index (χ3n) is 3.38. The molecule has 0 saturated heterocycles. The van der Waals surface area contributed by atoms with Crippen LogP contribution in [0.4, 0.5) is 5.00 Å². The van der Waals surface area contributed by atoms with Gasteiger partial charge in [-0.25, -0.2) is 4.79 Å². The van der Waals surface area contributed by atoms with Gasteiger partial charge in [0.1, 0.15) is 5.00 Å². The van der Waals surface area contributed by atoms with E-state index in [2.05, 4.69) is 5.32 Å². The zero-order valence-electron chi connectivity index (χ0n) is 13.3. The van der Waals surface area contributed by atoms with Gasteiger partial charge in [0.25, 0.3) is 0 Å². The van der Waals surface area contributed by atoms with Crippen LogP contribution in [0.1, 0.15) is 26.4 Å². The van der Waals surface area contributed by atoms with Gasteiger partial charge in [-0.1, -0.05) is 29.3 Å². The second-order valence-corrected chi connectivity index (χ2v) is 7.01. The lowest BCUT2D eigenvalue weighted by atomic mass is 10.1. The first-order valence-electron chi connectivity index (χ1n) is 6.96. The summed E-state index contributed by atoms with van der Waals surface area (Å²) in [7, 11) is 1.31. The number of anilines is 1. The lowest BCUT2D eigenvalue weighted by Gasteiger charge is -2.04. The average molecular weight is 384 g/mol. The van der Waals surface area contributed by atoms with Gasteiger partial charge in [0.05, 0.1) is 22.7 Å². The molecule has 0 fully saturated rings. The lowest BCUT2D eigenvalue weighted by Crippen LogP contribution is -2.11. The highest BCUT2D eigenvalue weighted by atomic mass is 35.5. The summed E-state index contributed by atoms with van der Waals surface area (Å²) in [6, 6.07) is 5.06. The minimum atomic E-state index is -0.472. The van der Waals surface area contributed by atoms with Crippen molar-refractivity contribution in [3.8, 4) is 0 Å². The van der Waals surface area contributed by atoms with Gasteiger partial charge in [0.2, 0.25) is 5.91 Å². The Kier molecular flexibility index (Phi) is 6.04. The summed E-state index contributed by atoms with van der Waals surface area (Å²) in [5.41, 5.74) is 1.93. The number of ether oxygens (including phenoxy) is 1. The number of benzene rings is 1. The summed E-state index contributed by atoms with van der Waals surface area (Å²) in [4.78, 5) is 24.9. The SMILES string of the molecule is COC(=O)c1c(NC(=O)/C=C/c2ccc(Cl)c(Cl)c2)sc(C)c1C. The van der Waals surface area contributed by atoms with Crippen LogP contribution in [0.3, 0.4) is 0 Å². The van der Waals surface area contributed by atoms with Crippen LogP contribution in [0.5, 0.6) is 0 Å². The zero-order chi connectivity index (χ0) is 17.9. The molecule has 0 unspecified atom stereocenters. The Morgan fingerprint density at radius 1 is 1.21 bits per heavy atom. The molecule has 0 radical (unpaired) electrons. The number of hydrogen-bond donors (Lipinski definition) is 1. The van der Waals surface area contributed by atoms with E-state index in [0.29, 0.717) is 20.6 Å². The van der Waals surface area contributed by atoms with Gasteiger partial charge in [0.15, 0.2) is 0 Å². The number of carbonyl (C=O) groups excluding carboxylic acids is 2. The van der Waals surface area contributed by atoms with Crippen LogP contribution < -0.4 is 5.32 Å². The molecule has 1 aromatic carbocycles. The van der Waals surface area contributed by atoms with Gasteiger partial charge in [-0.3, -0.25) is 4.79 Å². The molecule has 0 atom stereocenters. The van der Waals surface area contributed by atoms with Crippen LogP contribution in [0.2, 0.25) is 10.0 Å². The fourth-order valence-electron chi connectivity index (χ4n) is 2.00. The van der Waals surface area contributed by atoms with Crippen molar-refractivity contribution in [1.29, 1.82) is 0 Å². The predicted molar refractivity (Wildman–Crippen MR) is 99.3 cm³/mol. The second-order valence-electron chi connectivity index (χ2n) is 4.98. The molecule has 0 aliphatic heterocycles. The maximum atomic E-state index is 12.1. The van der Waals surface area contributed by atoms with Gasteiger partial charge < -0.3 is 10.1 Å². The number of methoxy groups -OCH3 is 1. The van der Waals surface area contributed by atoms with Crippen LogP contribution in [-0.2, 0) is 9.53 Å². The van der Waals surface area contributed by atoms with Crippen LogP contribution >= 0.6 is 34.5 Å².